The van der Waals surface area contributed by atoms with Crippen LogP contribution in [-0.4, -0.2) is 33.6 Å². The molecule has 0 aliphatic rings. The largest absolute Gasteiger partial charge is 0.355 e. The number of fused-ring (bicyclic) bond motifs is 1. The van der Waals surface area contributed by atoms with E-state index in [9.17, 15) is 9.59 Å². The first kappa shape index (κ1) is 23.3. The maximum absolute atomic E-state index is 13.5. The maximum Gasteiger partial charge on any atom is 0.256 e. The summed E-state index contributed by atoms with van der Waals surface area (Å²) >= 11 is 6.17. The lowest BCUT2D eigenvalue weighted by Gasteiger charge is -2.11. The molecule has 5 aromatic rings. The van der Waals surface area contributed by atoms with Gasteiger partial charge in [-0.2, -0.15) is 5.10 Å². The molecule has 0 unspecified atom stereocenters. The fourth-order valence-electron chi connectivity index (χ4n) is 3.97. The summed E-state index contributed by atoms with van der Waals surface area (Å²) in [7, 11) is 1.52. The lowest BCUT2D eigenvalue weighted by atomic mass is 10.1. The van der Waals surface area contributed by atoms with Crippen molar-refractivity contribution in [2.45, 2.75) is 6.54 Å². The number of rotatable bonds is 6. The van der Waals surface area contributed by atoms with Crippen LogP contribution in [0.25, 0.3) is 22.3 Å². The third-order valence-corrected chi connectivity index (χ3v) is 6.12. The molecule has 0 bridgehead atoms. The molecule has 178 valence electrons. The summed E-state index contributed by atoms with van der Waals surface area (Å²) in [4.78, 5) is 30.5. The average Bonchev–Trinajstić information content (AvgIpc) is 3.32. The number of benzene rings is 3. The van der Waals surface area contributed by atoms with Crippen molar-refractivity contribution >= 4 is 40.1 Å². The molecule has 0 aliphatic carbocycles. The summed E-state index contributed by atoms with van der Waals surface area (Å²) in [6, 6.07) is 26.2. The summed E-state index contributed by atoms with van der Waals surface area (Å²) in [5, 5.41) is 10.9. The van der Waals surface area contributed by atoms with Gasteiger partial charge in [-0.15, -0.1) is 0 Å². The topological polar surface area (TPSA) is 88.9 Å². The first-order valence-electron chi connectivity index (χ1n) is 11.3. The number of nitrogens with zero attached hydrogens (tertiary/aromatic N) is 3. The Balaban J connectivity index is 1.58. The van der Waals surface area contributed by atoms with Crippen molar-refractivity contribution in [1.29, 1.82) is 0 Å². The average molecular weight is 496 g/mol. The van der Waals surface area contributed by atoms with E-state index in [1.165, 1.54) is 7.05 Å². The normalized spacial score (nSPS) is 10.8. The van der Waals surface area contributed by atoms with Gasteiger partial charge in [0.15, 0.2) is 5.65 Å². The maximum atomic E-state index is 13.5. The zero-order valence-electron chi connectivity index (χ0n) is 19.4. The minimum absolute atomic E-state index is 0.275. The van der Waals surface area contributed by atoms with E-state index in [1.807, 2.05) is 60.7 Å². The fourth-order valence-corrected chi connectivity index (χ4v) is 4.18. The van der Waals surface area contributed by atoms with E-state index in [1.54, 1.807) is 35.1 Å². The standard InChI is InChI=1S/C28H22ClN5O2/c1-30-27(35)22-14-20(12-13-24(22)29)32-28(36)21-15-25(19-10-6-3-7-11-19)33-26-23(21)16-31-34(26)17-18-8-4-2-5-9-18/h2-16H,17H2,1H3,(H,30,35)(H,32,36). The number of halogens is 1. The minimum atomic E-state index is -0.343. The van der Waals surface area contributed by atoms with Gasteiger partial charge < -0.3 is 10.6 Å². The van der Waals surface area contributed by atoms with Crippen molar-refractivity contribution in [3.05, 3.63) is 113 Å². The SMILES string of the molecule is CNC(=O)c1cc(NC(=O)c2cc(-c3ccccc3)nc3c2cnn3Cc2ccccc2)ccc1Cl. The molecule has 0 fully saturated rings. The van der Waals surface area contributed by atoms with Gasteiger partial charge >= 0.3 is 0 Å². The highest BCUT2D eigenvalue weighted by Crippen LogP contribution is 2.27. The molecule has 0 saturated heterocycles. The molecule has 0 saturated carbocycles. The van der Waals surface area contributed by atoms with Gasteiger partial charge in [0, 0.05) is 18.3 Å². The van der Waals surface area contributed by atoms with E-state index in [-0.39, 0.29) is 17.4 Å². The Morgan fingerprint density at radius 1 is 0.889 bits per heavy atom. The van der Waals surface area contributed by atoms with Crippen LogP contribution in [0.4, 0.5) is 5.69 Å². The lowest BCUT2D eigenvalue weighted by molar-refractivity contribution is 0.0961. The van der Waals surface area contributed by atoms with Gasteiger partial charge in [0.25, 0.3) is 11.8 Å². The Labute approximate surface area is 212 Å². The smallest absolute Gasteiger partial charge is 0.256 e. The fraction of sp³-hybridized carbons (Fsp3) is 0.0714. The molecule has 0 aliphatic heterocycles. The molecule has 5 rings (SSSR count). The van der Waals surface area contributed by atoms with Crippen LogP contribution in [0.15, 0.2) is 91.1 Å². The molecule has 2 amide bonds. The highest BCUT2D eigenvalue weighted by molar-refractivity contribution is 6.34. The van der Waals surface area contributed by atoms with E-state index in [4.69, 9.17) is 16.6 Å². The third-order valence-electron chi connectivity index (χ3n) is 5.79. The molecule has 0 spiro atoms. The molecular weight excluding hydrogens is 474 g/mol. The van der Waals surface area contributed by atoms with Crippen LogP contribution in [-0.2, 0) is 6.54 Å². The van der Waals surface area contributed by atoms with Crippen LogP contribution in [0.3, 0.4) is 0 Å². The number of carbonyl (C=O) groups is 2. The zero-order valence-corrected chi connectivity index (χ0v) is 20.2. The van der Waals surface area contributed by atoms with Crippen LogP contribution in [0.2, 0.25) is 5.02 Å². The number of hydrogen-bond donors (Lipinski definition) is 2. The van der Waals surface area contributed by atoms with Gasteiger partial charge in [-0.05, 0) is 29.8 Å². The summed E-state index contributed by atoms with van der Waals surface area (Å²) in [6.45, 7) is 0.517. The van der Waals surface area contributed by atoms with Gasteiger partial charge in [0.1, 0.15) is 0 Å². The molecule has 0 atom stereocenters. The van der Waals surface area contributed by atoms with Crippen LogP contribution < -0.4 is 10.6 Å². The first-order chi connectivity index (χ1) is 17.5. The number of hydrogen-bond acceptors (Lipinski definition) is 4. The number of amides is 2. The summed E-state index contributed by atoms with van der Waals surface area (Å²) in [6.07, 6.45) is 1.66. The van der Waals surface area contributed by atoms with Crippen molar-refractivity contribution in [1.82, 2.24) is 20.1 Å². The molecule has 3 aromatic carbocycles. The molecule has 2 aromatic heterocycles. The molecule has 36 heavy (non-hydrogen) atoms. The van der Waals surface area contributed by atoms with Crippen molar-refractivity contribution in [2.75, 3.05) is 12.4 Å². The van der Waals surface area contributed by atoms with E-state index in [0.29, 0.717) is 39.5 Å². The van der Waals surface area contributed by atoms with Gasteiger partial charge in [-0.3, -0.25) is 9.59 Å². The number of carbonyl (C=O) groups excluding carboxylic acids is 2. The quantitative estimate of drug-likeness (QED) is 0.329. The predicted octanol–water partition coefficient (Wildman–Crippen LogP) is 5.41. The summed E-state index contributed by atoms with van der Waals surface area (Å²) in [5.41, 5.74) is 4.37. The third kappa shape index (κ3) is 4.69. The highest BCUT2D eigenvalue weighted by atomic mass is 35.5. The van der Waals surface area contributed by atoms with Gasteiger partial charge in [-0.1, -0.05) is 72.3 Å². The highest BCUT2D eigenvalue weighted by Gasteiger charge is 2.19. The van der Waals surface area contributed by atoms with Gasteiger partial charge in [-0.25, -0.2) is 9.67 Å². The summed E-state index contributed by atoms with van der Waals surface area (Å²) in [5.74, 6) is -0.681. The molecule has 2 heterocycles. The van der Waals surface area contributed by atoms with Crippen molar-refractivity contribution in [3.63, 3.8) is 0 Å². The minimum Gasteiger partial charge on any atom is -0.355 e. The molecule has 7 nitrogen and oxygen atoms in total. The van der Waals surface area contributed by atoms with E-state index in [2.05, 4.69) is 15.7 Å². The monoisotopic (exact) mass is 495 g/mol. The van der Waals surface area contributed by atoms with E-state index >= 15 is 0 Å². The Morgan fingerprint density at radius 3 is 2.33 bits per heavy atom. The molecule has 8 heteroatoms. The van der Waals surface area contributed by atoms with Gasteiger partial charge in [0.05, 0.1) is 40.0 Å². The Kier molecular flexibility index (Phi) is 6.47. The first-order valence-corrected chi connectivity index (χ1v) is 11.7. The van der Waals surface area contributed by atoms with Crippen molar-refractivity contribution in [3.8, 4) is 11.3 Å². The van der Waals surface area contributed by atoms with Gasteiger partial charge in [0.2, 0.25) is 0 Å². The number of aromatic nitrogens is 3. The second kappa shape index (κ2) is 10.0. The van der Waals surface area contributed by atoms with Crippen LogP contribution in [0, 0.1) is 0 Å². The zero-order chi connectivity index (χ0) is 25.1. The number of anilines is 1. The molecular formula is C28H22ClN5O2. The van der Waals surface area contributed by atoms with E-state index in [0.717, 1.165) is 11.1 Å². The van der Waals surface area contributed by atoms with Crippen molar-refractivity contribution in [2.24, 2.45) is 0 Å². The Hall–Kier alpha value is -4.49. The van der Waals surface area contributed by atoms with Crippen molar-refractivity contribution < 1.29 is 9.59 Å². The summed E-state index contributed by atoms with van der Waals surface area (Å²) < 4.78 is 1.79. The Bertz CT molecular complexity index is 1570. The predicted molar refractivity (Wildman–Crippen MR) is 141 cm³/mol. The number of nitrogens with one attached hydrogen (secondary N) is 2. The van der Waals surface area contributed by atoms with Crippen LogP contribution in [0.1, 0.15) is 26.3 Å². The lowest BCUT2D eigenvalue weighted by Crippen LogP contribution is -2.19. The Morgan fingerprint density at radius 2 is 1.61 bits per heavy atom. The van der Waals surface area contributed by atoms with Crippen LogP contribution >= 0.6 is 11.6 Å². The second-order valence-electron chi connectivity index (χ2n) is 8.17. The molecule has 2 N–H and O–H groups in total. The van der Waals surface area contributed by atoms with Crippen LogP contribution in [0.5, 0.6) is 0 Å². The second-order valence-corrected chi connectivity index (χ2v) is 8.58. The molecule has 0 radical (unpaired) electrons. The van der Waals surface area contributed by atoms with E-state index < -0.39 is 0 Å². The number of pyridine rings is 1.